The summed E-state index contributed by atoms with van der Waals surface area (Å²) >= 11 is 0. The fourth-order valence-electron chi connectivity index (χ4n) is 2.95. The molecule has 0 fully saturated rings. The number of carbonyl (C=O) groups excluding carboxylic acids is 1. The lowest BCUT2D eigenvalue weighted by Gasteiger charge is -2.09. The zero-order chi connectivity index (χ0) is 19.4. The average molecular weight is 366 g/mol. The third kappa shape index (κ3) is 4.34. The van der Waals surface area contributed by atoms with Crippen LogP contribution in [0.1, 0.15) is 28.7 Å². The van der Waals surface area contributed by atoms with Gasteiger partial charge in [-0.25, -0.2) is 9.78 Å². The lowest BCUT2D eigenvalue weighted by atomic mass is 10.0. The fourth-order valence-corrected chi connectivity index (χ4v) is 2.95. The van der Waals surface area contributed by atoms with Crippen LogP contribution in [0.2, 0.25) is 0 Å². The predicted molar refractivity (Wildman–Crippen MR) is 103 cm³/mol. The maximum Gasteiger partial charge on any atom is 0.339 e. The van der Waals surface area contributed by atoms with E-state index < -0.39 is 0 Å². The lowest BCUT2D eigenvalue weighted by Crippen LogP contribution is -2.24. The number of benzene rings is 1. The van der Waals surface area contributed by atoms with E-state index in [1.807, 2.05) is 38.1 Å². The van der Waals surface area contributed by atoms with E-state index >= 15 is 0 Å². The Hall–Kier alpha value is -3.15. The van der Waals surface area contributed by atoms with Gasteiger partial charge in [-0.2, -0.15) is 0 Å². The Bertz CT molecular complexity index is 1020. The van der Waals surface area contributed by atoms with Crippen molar-refractivity contribution >= 4 is 16.9 Å². The van der Waals surface area contributed by atoms with Crippen LogP contribution in [0.5, 0.6) is 5.88 Å². The molecule has 6 heteroatoms. The van der Waals surface area contributed by atoms with Crippen LogP contribution in [0.3, 0.4) is 0 Å². The van der Waals surface area contributed by atoms with E-state index in [0.29, 0.717) is 30.0 Å². The van der Waals surface area contributed by atoms with Crippen LogP contribution >= 0.6 is 0 Å². The Labute approximate surface area is 157 Å². The van der Waals surface area contributed by atoms with Crippen LogP contribution in [0, 0.1) is 13.8 Å². The summed E-state index contributed by atoms with van der Waals surface area (Å²) in [4.78, 5) is 28.6. The van der Waals surface area contributed by atoms with Crippen molar-refractivity contribution in [1.82, 2.24) is 10.3 Å². The van der Waals surface area contributed by atoms with Crippen LogP contribution in [0.15, 0.2) is 45.7 Å². The minimum absolute atomic E-state index is 0.131. The van der Waals surface area contributed by atoms with Gasteiger partial charge in [0, 0.05) is 36.2 Å². The van der Waals surface area contributed by atoms with Gasteiger partial charge in [-0.05, 0) is 43.0 Å². The van der Waals surface area contributed by atoms with E-state index in [0.717, 1.165) is 22.1 Å². The molecule has 0 saturated carbocycles. The molecule has 0 aliphatic carbocycles. The summed E-state index contributed by atoms with van der Waals surface area (Å²) in [6, 6.07) is 9.37. The number of fused-ring (bicyclic) bond motifs is 1. The standard InChI is InChI=1S/C21H22N2O4/c1-13-4-6-16-14(2)17(21(25)27-18(16)10-13)7-8-19(24)22-11-15-5-9-20(26-3)23-12-15/h4-6,9-10,12H,7-8,11H2,1-3H3,(H,22,24). The molecule has 0 bridgehead atoms. The summed E-state index contributed by atoms with van der Waals surface area (Å²) in [7, 11) is 1.55. The minimum atomic E-state index is -0.377. The van der Waals surface area contributed by atoms with Crippen molar-refractivity contribution in [3.05, 3.63) is 69.2 Å². The Morgan fingerprint density at radius 1 is 1.22 bits per heavy atom. The summed E-state index contributed by atoms with van der Waals surface area (Å²) in [5, 5.41) is 3.74. The van der Waals surface area contributed by atoms with Crippen molar-refractivity contribution in [2.24, 2.45) is 0 Å². The van der Waals surface area contributed by atoms with Gasteiger partial charge in [0.05, 0.1) is 7.11 Å². The second-order valence-electron chi connectivity index (χ2n) is 6.48. The van der Waals surface area contributed by atoms with Gasteiger partial charge in [-0.3, -0.25) is 4.79 Å². The molecule has 2 aromatic heterocycles. The van der Waals surface area contributed by atoms with Crippen LogP contribution in [-0.4, -0.2) is 18.0 Å². The number of nitrogens with zero attached hydrogens (tertiary/aromatic N) is 1. The molecular weight excluding hydrogens is 344 g/mol. The quantitative estimate of drug-likeness (QED) is 0.678. The number of methoxy groups -OCH3 is 1. The molecule has 27 heavy (non-hydrogen) atoms. The lowest BCUT2D eigenvalue weighted by molar-refractivity contribution is -0.121. The van der Waals surface area contributed by atoms with Gasteiger partial charge in [0.25, 0.3) is 0 Å². The Morgan fingerprint density at radius 2 is 2.04 bits per heavy atom. The van der Waals surface area contributed by atoms with Gasteiger partial charge < -0.3 is 14.5 Å². The molecule has 0 saturated heterocycles. The van der Waals surface area contributed by atoms with Crippen molar-refractivity contribution in [2.75, 3.05) is 7.11 Å². The number of nitrogens with one attached hydrogen (secondary N) is 1. The molecule has 3 aromatic rings. The van der Waals surface area contributed by atoms with Gasteiger partial charge in [0.15, 0.2) is 0 Å². The molecule has 6 nitrogen and oxygen atoms in total. The second kappa shape index (κ2) is 8.03. The van der Waals surface area contributed by atoms with E-state index in [1.165, 1.54) is 0 Å². The van der Waals surface area contributed by atoms with Gasteiger partial charge in [0.2, 0.25) is 11.8 Å². The van der Waals surface area contributed by atoms with E-state index in [-0.39, 0.29) is 18.0 Å². The molecule has 140 valence electrons. The highest BCUT2D eigenvalue weighted by atomic mass is 16.5. The number of rotatable bonds is 6. The third-order valence-corrected chi connectivity index (χ3v) is 4.54. The molecule has 2 heterocycles. The van der Waals surface area contributed by atoms with Crippen molar-refractivity contribution in [2.45, 2.75) is 33.2 Å². The topological polar surface area (TPSA) is 81.4 Å². The number of amides is 1. The zero-order valence-corrected chi connectivity index (χ0v) is 15.7. The van der Waals surface area contributed by atoms with E-state index in [9.17, 15) is 9.59 Å². The second-order valence-corrected chi connectivity index (χ2v) is 6.48. The highest BCUT2D eigenvalue weighted by Gasteiger charge is 2.13. The number of carbonyl (C=O) groups is 1. The molecular formula is C21H22N2O4. The SMILES string of the molecule is COc1ccc(CNC(=O)CCc2c(C)c3ccc(C)cc3oc2=O)cn1. The van der Waals surface area contributed by atoms with Crippen LogP contribution in [0.25, 0.3) is 11.0 Å². The summed E-state index contributed by atoms with van der Waals surface area (Å²) in [5.74, 6) is 0.396. The molecule has 0 aliphatic heterocycles. The van der Waals surface area contributed by atoms with Gasteiger partial charge in [-0.15, -0.1) is 0 Å². The molecule has 1 N–H and O–H groups in total. The monoisotopic (exact) mass is 366 g/mol. The first kappa shape index (κ1) is 18.6. The molecule has 0 spiro atoms. The number of hydrogen-bond donors (Lipinski definition) is 1. The number of aryl methyl sites for hydroxylation is 2. The molecule has 0 unspecified atom stereocenters. The van der Waals surface area contributed by atoms with Crippen LogP contribution in [-0.2, 0) is 17.8 Å². The van der Waals surface area contributed by atoms with Crippen LogP contribution in [0.4, 0.5) is 0 Å². The predicted octanol–water partition coefficient (Wildman–Crippen LogP) is 3.06. The molecule has 1 amide bonds. The van der Waals surface area contributed by atoms with Crippen LogP contribution < -0.4 is 15.7 Å². The van der Waals surface area contributed by atoms with Gasteiger partial charge >= 0.3 is 5.63 Å². The largest absolute Gasteiger partial charge is 0.481 e. The maximum atomic E-state index is 12.3. The smallest absolute Gasteiger partial charge is 0.339 e. The Balaban J connectivity index is 1.64. The minimum Gasteiger partial charge on any atom is -0.481 e. The highest BCUT2D eigenvalue weighted by molar-refractivity contribution is 5.82. The van der Waals surface area contributed by atoms with E-state index in [2.05, 4.69) is 10.3 Å². The van der Waals surface area contributed by atoms with Crippen molar-refractivity contribution in [3.63, 3.8) is 0 Å². The fraction of sp³-hybridized carbons (Fsp3) is 0.286. The van der Waals surface area contributed by atoms with Gasteiger partial charge in [-0.1, -0.05) is 18.2 Å². The first-order valence-corrected chi connectivity index (χ1v) is 8.76. The summed E-state index contributed by atoms with van der Waals surface area (Å²) in [5.41, 5.74) is 3.53. The number of hydrogen-bond acceptors (Lipinski definition) is 5. The van der Waals surface area contributed by atoms with Gasteiger partial charge in [0.1, 0.15) is 5.58 Å². The summed E-state index contributed by atoms with van der Waals surface area (Å²) in [6.07, 6.45) is 2.21. The number of pyridine rings is 1. The zero-order valence-electron chi connectivity index (χ0n) is 15.7. The molecule has 3 rings (SSSR count). The first-order valence-electron chi connectivity index (χ1n) is 8.76. The molecule has 0 aliphatic rings. The van der Waals surface area contributed by atoms with E-state index in [1.54, 1.807) is 19.4 Å². The maximum absolute atomic E-state index is 12.3. The molecule has 1 aromatic carbocycles. The van der Waals surface area contributed by atoms with Crippen molar-refractivity contribution in [1.29, 1.82) is 0 Å². The number of aromatic nitrogens is 1. The normalized spacial score (nSPS) is 10.8. The molecule has 0 radical (unpaired) electrons. The Morgan fingerprint density at radius 3 is 2.74 bits per heavy atom. The Kier molecular flexibility index (Phi) is 5.54. The number of ether oxygens (including phenoxy) is 1. The summed E-state index contributed by atoms with van der Waals surface area (Å²) < 4.78 is 10.4. The third-order valence-electron chi connectivity index (χ3n) is 4.54. The van der Waals surface area contributed by atoms with E-state index in [4.69, 9.17) is 9.15 Å². The first-order chi connectivity index (χ1) is 13.0. The highest BCUT2D eigenvalue weighted by Crippen LogP contribution is 2.21. The van der Waals surface area contributed by atoms with Crippen molar-refractivity contribution in [3.8, 4) is 5.88 Å². The average Bonchev–Trinajstić information content (AvgIpc) is 2.66. The summed E-state index contributed by atoms with van der Waals surface area (Å²) in [6.45, 7) is 4.22. The molecule has 0 atom stereocenters. The van der Waals surface area contributed by atoms with Crippen molar-refractivity contribution < 1.29 is 13.9 Å².